The van der Waals surface area contributed by atoms with Crippen LogP contribution in [-0.4, -0.2) is 106 Å². The van der Waals surface area contributed by atoms with E-state index in [0.29, 0.717) is 31.5 Å². The first kappa shape index (κ1) is 44.4. The number of ether oxygens (including phenoxy) is 1. The normalized spacial score (nSPS) is 20.3. The van der Waals surface area contributed by atoms with Gasteiger partial charge in [0.2, 0.25) is 12.3 Å². The zero-order valence-electron chi connectivity index (χ0n) is 35.9. The second kappa shape index (κ2) is 20.6. The Morgan fingerprint density at radius 2 is 1.38 bits per heavy atom. The molecule has 13 nitrogen and oxygen atoms in total. The number of hydrogen-bond donors (Lipinski definition) is 3. The Morgan fingerprint density at radius 3 is 1.98 bits per heavy atom. The van der Waals surface area contributed by atoms with Gasteiger partial charge < -0.3 is 29.7 Å². The van der Waals surface area contributed by atoms with Crippen LogP contribution in [0.1, 0.15) is 59.8 Å². The van der Waals surface area contributed by atoms with Gasteiger partial charge in [-0.3, -0.25) is 20.0 Å². The van der Waals surface area contributed by atoms with Crippen molar-refractivity contribution in [2.75, 3.05) is 39.3 Å². The predicted molar refractivity (Wildman–Crippen MR) is 253 cm³/mol. The number of imidazole rings is 1. The first-order chi connectivity index (χ1) is 31.3. The summed E-state index contributed by atoms with van der Waals surface area (Å²) in [5.74, 6) is -0.125. The molecule has 5 aromatic rings. The van der Waals surface area contributed by atoms with Crippen LogP contribution in [0, 0.1) is 5.41 Å². The molecule has 0 bridgehead atoms. The van der Waals surface area contributed by atoms with Gasteiger partial charge in [-0.1, -0.05) is 109 Å². The van der Waals surface area contributed by atoms with E-state index in [9.17, 15) is 14.4 Å². The van der Waals surface area contributed by atoms with Crippen molar-refractivity contribution in [2.45, 2.75) is 53.8 Å². The SMILES string of the molecule is COC(=O)N[C@H](C(=O)N1C[C@@H](SC)C[C@H]1C1=NC=C(c2ccc(-c3ccc(-c4cnc(C5C[C@H](SC)CN5C(=O)[C@@H](COOC=N)c5ccccc5)[nH]4)cc3)cc2)C1)c1ccccc1. The predicted octanol–water partition coefficient (Wildman–Crippen LogP) is 8.70. The number of allylic oxidation sites excluding steroid dienone is 1. The van der Waals surface area contributed by atoms with Crippen LogP contribution >= 0.6 is 23.5 Å². The second-order valence-electron chi connectivity index (χ2n) is 15.9. The van der Waals surface area contributed by atoms with Crippen molar-refractivity contribution in [3.05, 3.63) is 144 Å². The van der Waals surface area contributed by atoms with Gasteiger partial charge in [-0.15, -0.1) is 0 Å². The van der Waals surface area contributed by atoms with E-state index in [2.05, 4.69) is 71.3 Å². The van der Waals surface area contributed by atoms with Gasteiger partial charge in [0.1, 0.15) is 18.5 Å². The van der Waals surface area contributed by atoms with Crippen LogP contribution < -0.4 is 5.32 Å². The molecule has 8 rings (SSSR count). The Balaban J connectivity index is 0.923. The number of nitrogens with zero attached hydrogens (tertiary/aromatic N) is 4. The average molecular weight is 898 g/mol. The van der Waals surface area contributed by atoms with Crippen molar-refractivity contribution >= 4 is 59.1 Å². The summed E-state index contributed by atoms with van der Waals surface area (Å²) in [6, 6.07) is 34.3. The molecule has 3 aliphatic heterocycles. The quantitative estimate of drug-likeness (QED) is 0.0289. The molecule has 4 heterocycles. The molecule has 330 valence electrons. The summed E-state index contributed by atoms with van der Waals surface area (Å²) in [5, 5.41) is 10.4. The van der Waals surface area contributed by atoms with Gasteiger partial charge in [0.05, 0.1) is 37.0 Å². The maximum atomic E-state index is 14.2. The van der Waals surface area contributed by atoms with Gasteiger partial charge >= 0.3 is 6.09 Å². The Kier molecular flexibility index (Phi) is 14.3. The van der Waals surface area contributed by atoms with Crippen molar-refractivity contribution in [1.29, 1.82) is 5.41 Å². The lowest BCUT2D eigenvalue weighted by Crippen LogP contribution is -2.47. The van der Waals surface area contributed by atoms with E-state index in [0.717, 1.165) is 63.5 Å². The van der Waals surface area contributed by atoms with Crippen molar-refractivity contribution < 1.29 is 28.9 Å². The molecule has 2 saturated heterocycles. The first-order valence-electron chi connectivity index (χ1n) is 21.2. The van der Waals surface area contributed by atoms with Crippen LogP contribution in [0.4, 0.5) is 4.79 Å². The van der Waals surface area contributed by atoms with Gasteiger partial charge in [0, 0.05) is 41.9 Å². The van der Waals surface area contributed by atoms with E-state index < -0.39 is 18.1 Å². The number of H-pyrrole nitrogens is 1. The molecule has 2 fully saturated rings. The van der Waals surface area contributed by atoms with Gasteiger partial charge in [-0.2, -0.15) is 28.4 Å². The summed E-state index contributed by atoms with van der Waals surface area (Å²) in [6.07, 6.45) is 10.1. The highest BCUT2D eigenvalue weighted by Gasteiger charge is 2.43. The number of carbonyl (C=O) groups excluding carboxylic acids is 3. The summed E-state index contributed by atoms with van der Waals surface area (Å²) < 4.78 is 4.88. The standard InChI is InChI=1S/C49H51N7O6S2/c1-60-49(59)54-45(36-12-8-5-9-13-36)48(58)55-27-38(63-2)23-43(55)41-22-37(25-51-41)33-16-14-31(15-17-33)32-18-20-35(21-19-32)42-26-52-46(53-42)44-24-39(64-3)28-56(44)47(57)40(29-61-62-30-50)34-10-6-4-7-11-34/h4-21,25-26,30,38-40,43-45,50H,22-24,27-29H2,1-3H3,(H,52,53)(H,54,59)/t38-,39-,40-,43-,44?,45-/m0/s1. The number of amides is 3. The summed E-state index contributed by atoms with van der Waals surface area (Å²) in [4.78, 5) is 67.7. The van der Waals surface area contributed by atoms with Crippen molar-refractivity contribution in [1.82, 2.24) is 25.1 Å². The van der Waals surface area contributed by atoms with Gasteiger partial charge in [0.15, 0.2) is 0 Å². The molecular weight excluding hydrogens is 847 g/mol. The summed E-state index contributed by atoms with van der Waals surface area (Å²) in [5.41, 5.74) is 8.61. The molecule has 0 saturated carbocycles. The molecule has 4 aromatic carbocycles. The minimum Gasteiger partial charge on any atom is -0.453 e. The number of rotatable bonds is 16. The molecule has 0 radical (unpaired) electrons. The highest BCUT2D eigenvalue weighted by Crippen LogP contribution is 2.39. The third-order valence-corrected chi connectivity index (χ3v) is 14.3. The third-order valence-electron chi connectivity index (χ3n) is 12.3. The topological polar surface area (TPSA) is 162 Å². The minimum absolute atomic E-state index is 0.0192. The van der Waals surface area contributed by atoms with E-state index in [4.69, 9.17) is 29.9 Å². The van der Waals surface area contributed by atoms with Crippen molar-refractivity contribution in [3.63, 3.8) is 0 Å². The Hall–Kier alpha value is -6.16. The van der Waals surface area contributed by atoms with Crippen LogP contribution in [0.5, 0.6) is 0 Å². The summed E-state index contributed by atoms with van der Waals surface area (Å²) in [6.45, 7) is 1.13. The first-order valence-corrected chi connectivity index (χ1v) is 23.8. The number of carbonyl (C=O) groups is 3. The summed E-state index contributed by atoms with van der Waals surface area (Å²) in [7, 11) is 1.29. The van der Waals surface area contributed by atoms with Gasteiger partial charge in [-0.25, -0.2) is 9.78 Å². The molecular formula is C49H51N7O6S2. The molecule has 6 atom stereocenters. The number of aromatic amines is 1. The lowest BCUT2D eigenvalue weighted by Gasteiger charge is -2.29. The smallest absolute Gasteiger partial charge is 0.407 e. The monoisotopic (exact) mass is 897 g/mol. The van der Waals surface area contributed by atoms with Crippen LogP contribution in [0.15, 0.2) is 127 Å². The largest absolute Gasteiger partial charge is 0.453 e. The molecule has 15 heteroatoms. The number of likely N-dealkylation sites (tertiary alicyclic amines) is 2. The van der Waals surface area contributed by atoms with E-state index >= 15 is 0 Å². The summed E-state index contributed by atoms with van der Waals surface area (Å²) >= 11 is 3.48. The lowest BCUT2D eigenvalue weighted by atomic mass is 9.96. The molecule has 3 N–H and O–H groups in total. The van der Waals surface area contributed by atoms with E-state index in [1.807, 2.05) is 82.9 Å². The number of thioether (sulfide) groups is 2. The highest BCUT2D eigenvalue weighted by molar-refractivity contribution is 7.99. The maximum absolute atomic E-state index is 14.2. The number of nitrogens with one attached hydrogen (secondary N) is 3. The minimum atomic E-state index is -0.876. The number of alkyl carbamates (subject to hydrolysis) is 1. The van der Waals surface area contributed by atoms with E-state index in [1.54, 1.807) is 23.5 Å². The fraction of sp³-hybridized carbons (Fsp3) is 0.306. The van der Waals surface area contributed by atoms with Gasteiger partial charge in [-0.05, 0) is 64.3 Å². The average Bonchev–Trinajstić information content (AvgIpc) is 4.19. The van der Waals surface area contributed by atoms with Crippen molar-refractivity contribution in [2.24, 2.45) is 4.99 Å². The second-order valence-corrected chi connectivity index (χ2v) is 18.2. The van der Waals surface area contributed by atoms with E-state index in [1.165, 1.54) is 7.11 Å². The zero-order chi connectivity index (χ0) is 44.6. The van der Waals surface area contributed by atoms with Crippen molar-refractivity contribution in [3.8, 4) is 22.4 Å². The molecule has 0 spiro atoms. The Bertz CT molecular complexity index is 2480. The fourth-order valence-corrected chi connectivity index (χ4v) is 10.2. The zero-order valence-corrected chi connectivity index (χ0v) is 37.5. The molecule has 3 aliphatic rings. The van der Waals surface area contributed by atoms with Crippen LogP contribution in [0.2, 0.25) is 0 Å². The van der Waals surface area contributed by atoms with E-state index in [-0.39, 0.29) is 41.0 Å². The number of hydrogen-bond acceptors (Lipinski definition) is 11. The lowest BCUT2D eigenvalue weighted by molar-refractivity contribution is -0.221. The third kappa shape index (κ3) is 9.81. The molecule has 1 unspecified atom stereocenters. The molecule has 0 aliphatic carbocycles. The fourth-order valence-electron chi connectivity index (χ4n) is 8.81. The Morgan fingerprint density at radius 1 is 0.797 bits per heavy atom. The molecule has 3 amide bonds. The highest BCUT2D eigenvalue weighted by atomic mass is 32.2. The molecule has 64 heavy (non-hydrogen) atoms. The number of aliphatic imine (C=N–C) groups is 1. The van der Waals surface area contributed by atoms with Crippen LogP contribution in [0.3, 0.4) is 0 Å². The van der Waals surface area contributed by atoms with Gasteiger partial charge in [0.25, 0.3) is 5.91 Å². The van der Waals surface area contributed by atoms with Crippen LogP contribution in [0.25, 0.3) is 28.0 Å². The molecule has 1 aromatic heterocycles. The maximum Gasteiger partial charge on any atom is 0.407 e. The van der Waals surface area contributed by atoms with Crippen LogP contribution in [-0.2, 0) is 24.1 Å². The Labute approximate surface area is 381 Å². The number of aromatic nitrogens is 2. The number of benzene rings is 4. The number of methoxy groups -OCH3 is 1.